The second kappa shape index (κ2) is 7.24. The average Bonchev–Trinajstić information content (AvgIpc) is 2.57. The van der Waals surface area contributed by atoms with Gasteiger partial charge in [-0.25, -0.2) is 0 Å². The van der Waals surface area contributed by atoms with Crippen molar-refractivity contribution in [1.29, 1.82) is 0 Å². The summed E-state index contributed by atoms with van der Waals surface area (Å²) in [4.78, 5) is 12.4. The number of hydrogen-bond acceptors (Lipinski definition) is 3. The van der Waals surface area contributed by atoms with E-state index >= 15 is 0 Å². The lowest BCUT2D eigenvalue weighted by Gasteiger charge is -2.23. The number of rotatable bonds is 4. The Morgan fingerprint density at radius 1 is 1.00 bits per heavy atom. The highest BCUT2D eigenvalue weighted by atomic mass is 127. The van der Waals surface area contributed by atoms with Crippen molar-refractivity contribution in [3.63, 3.8) is 0 Å². The molecular weight excluding hydrogens is 391 g/mol. The van der Waals surface area contributed by atoms with Gasteiger partial charge in [-0.1, -0.05) is 0 Å². The predicted molar refractivity (Wildman–Crippen MR) is 93.3 cm³/mol. The van der Waals surface area contributed by atoms with Crippen LogP contribution in [0.5, 0.6) is 5.75 Å². The topological polar surface area (TPSA) is 35.5 Å². The molecule has 0 radical (unpaired) electrons. The van der Waals surface area contributed by atoms with Crippen LogP contribution >= 0.6 is 22.6 Å². The van der Waals surface area contributed by atoms with Gasteiger partial charge in [0.1, 0.15) is 5.75 Å². The smallest absolute Gasteiger partial charge is 0.199 e. The van der Waals surface area contributed by atoms with Crippen molar-refractivity contribution >= 4 is 28.4 Å². The lowest BCUT2D eigenvalue weighted by Crippen LogP contribution is -2.24. The van der Waals surface area contributed by atoms with Gasteiger partial charge >= 0.3 is 0 Å². The zero-order valence-electron chi connectivity index (χ0n) is 12.1. The first-order valence-electron chi connectivity index (χ1n) is 7.41. The number of benzene rings is 2. The second-order valence-corrected chi connectivity index (χ2v) is 6.52. The van der Waals surface area contributed by atoms with Gasteiger partial charge in [0.25, 0.3) is 0 Å². The molecule has 0 unspecified atom stereocenters. The van der Waals surface area contributed by atoms with Crippen LogP contribution in [0, 0.1) is 3.57 Å². The van der Waals surface area contributed by atoms with Crippen LogP contribution in [-0.4, -0.2) is 18.7 Å². The highest BCUT2D eigenvalue weighted by Crippen LogP contribution is 2.21. The van der Waals surface area contributed by atoms with Crippen LogP contribution in [0.3, 0.4) is 0 Å². The largest absolute Gasteiger partial charge is 0.465 e. The maximum atomic E-state index is 12.4. The third-order valence-electron chi connectivity index (χ3n) is 3.63. The number of carbonyl (C=O) groups excluding carboxylic acids is 1. The molecule has 0 aromatic heterocycles. The molecule has 2 aromatic rings. The van der Waals surface area contributed by atoms with Crippen LogP contribution in [0.4, 0.5) is 0 Å². The fourth-order valence-corrected chi connectivity index (χ4v) is 2.77. The molecule has 1 heterocycles. The second-order valence-electron chi connectivity index (χ2n) is 5.27. The molecule has 114 valence electrons. The first-order valence-corrected chi connectivity index (χ1v) is 8.49. The molecule has 3 rings (SSSR count). The van der Waals surface area contributed by atoms with Gasteiger partial charge in [-0.05, 0) is 84.0 Å². The molecule has 2 aromatic carbocycles. The average molecular weight is 408 g/mol. The molecule has 0 N–H and O–H groups in total. The van der Waals surface area contributed by atoms with Crippen LogP contribution in [0.15, 0.2) is 48.5 Å². The summed E-state index contributed by atoms with van der Waals surface area (Å²) in [5, 5.41) is 0. The summed E-state index contributed by atoms with van der Waals surface area (Å²) in [6, 6.07) is 14.8. The van der Waals surface area contributed by atoms with Crippen molar-refractivity contribution in [2.24, 2.45) is 0 Å². The lowest BCUT2D eigenvalue weighted by molar-refractivity contribution is -0.105. The minimum absolute atomic E-state index is 0.0249. The van der Waals surface area contributed by atoms with Crippen LogP contribution in [0.25, 0.3) is 0 Å². The maximum Gasteiger partial charge on any atom is 0.199 e. The molecule has 0 amide bonds. The highest BCUT2D eigenvalue weighted by Gasteiger charge is 2.15. The first-order chi connectivity index (χ1) is 10.7. The number of halogens is 1. The molecule has 4 heteroatoms. The number of hydrogen-bond donors (Lipinski definition) is 0. The van der Waals surface area contributed by atoms with Crippen molar-refractivity contribution in [2.45, 2.75) is 25.6 Å². The van der Waals surface area contributed by atoms with Gasteiger partial charge in [-0.3, -0.25) is 4.79 Å². The number of ketones is 1. The summed E-state index contributed by atoms with van der Waals surface area (Å²) >= 11 is 2.23. The molecule has 1 aliphatic heterocycles. The standard InChI is InChI=1S/C18H17IO3/c19-15-8-4-13(5-9-15)18(20)14-6-10-16(11-7-14)22-17-3-1-2-12-21-17/h4-11,17H,1-3,12H2/t17-/m0/s1. The van der Waals surface area contributed by atoms with Crippen molar-refractivity contribution < 1.29 is 14.3 Å². The van der Waals surface area contributed by atoms with Crippen molar-refractivity contribution in [2.75, 3.05) is 6.61 Å². The Kier molecular flexibility index (Phi) is 5.10. The van der Waals surface area contributed by atoms with Crippen molar-refractivity contribution in [3.8, 4) is 5.75 Å². The van der Waals surface area contributed by atoms with E-state index in [4.69, 9.17) is 9.47 Å². The Labute approximate surface area is 143 Å². The van der Waals surface area contributed by atoms with E-state index in [1.165, 1.54) is 0 Å². The molecule has 0 bridgehead atoms. The number of carbonyl (C=O) groups is 1. The Morgan fingerprint density at radius 3 is 2.23 bits per heavy atom. The third-order valence-corrected chi connectivity index (χ3v) is 4.35. The zero-order valence-corrected chi connectivity index (χ0v) is 14.3. The summed E-state index contributed by atoms with van der Waals surface area (Å²) in [6.45, 7) is 0.758. The zero-order chi connectivity index (χ0) is 15.4. The Bertz CT molecular complexity index is 628. The predicted octanol–water partition coefficient (Wildman–Crippen LogP) is 4.43. The van der Waals surface area contributed by atoms with Gasteiger partial charge in [0, 0.05) is 21.1 Å². The molecular formula is C18H17IO3. The molecule has 0 aliphatic carbocycles. The minimum atomic E-state index is -0.161. The van der Waals surface area contributed by atoms with Gasteiger partial charge < -0.3 is 9.47 Å². The highest BCUT2D eigenvalue weighted by molar-refractivity contribution is 14.1. The van der Waals surface area contributed by atoms with Gasteiger partial charge in [0.15, 0.2) is 12.1 Å². The normalized spacial score (nSPS) is 18.0. The van der Waals surface area contributed by atoms with E-state index in [0.29, 0.717) is 11.1 Å². The summed E-state index contributed by atoms with van der Waals surface area (Å²) in [6.07, 6.45) is 2.99. The van der Waals surface area contributed by atoms with E-state index in [9.17, 15) is 4.79 Å². The maximum absolute atomic E-state index is 12.4. The Morgan fingerprint density at radius 2 is 1.64 bits per heavy atom. The van der Waals surface area contributed by atoms with E-state index in [-0.39, 0.29) is 12.1 Å². The van der Waals surface area contributed by atoms with Crippen LogP contribution in [-0.2, 0) is 4.74 Å². The molecule has 3 nitrogen and oxygen atoms in total. The number of ether oxygens (including phenoxy) is 2. The summed E-state index contributed by atoms with van der Waals surface area (Å²) < 4.78 is 12.4. The van der Waals surface area contributed by atoms with Crippen LogP contribution in [0.2, 0.25) is 0 Å². The molecule has 0 saturated carbocycles. The monoisotopic (exact) mass is 408 g/mol. The third kappa shape index (κ3) is 3.87. The molecule has 0 spiro atoms. The molecule has 1 fully saturated rings. The summed E-state index contributed by atoms with van der Waals surface area (Å²) in [5.41, 5.74) is 1.36. The van der Waals surface area contributed by atoms with E-state index in [0.717, 1.165) is 35.2 Å². The fraction of sp³-hybridized carbons (Fsp3) is 0.278. The molecule has 1 aliphatic rings. The minimum Gasteiger partial charge on any atom is -0.465 e. The molecule has 22 heavy (non-hydrogen) atoms. The Balaban J connectivity index is 1.68. The van der Waals surface area contributed by atoms with Gasteiger partial charge in [-0.15, -0.1) is 0 Å². The van der Waals surface area contributed by atoms with E-state index in [2.05, 4.69) is 22.6 Å². The fourth-order valence-electron chi connectivity index (χ4n) is 2.41. The molecule has 1 atom stereocenters. The summed E-state index contributed by atoms with van der Waals surface area (Å²) in [7, 11) is 0. The summed E-state index contributed by atoms with van der Waals surface area (Å²) in [5.74, 6) is 0.767. The van der Waals surface area contributed by atoms with Gasteiger partial charge in [-0.2, -0.15) is 0 Å². The van der Waals surface area contributed by atoms with Gasteiger partial charge in [0.2, 0.25) is 0 Å². The molecule has 1 saturated heterocycles. The SMILES string of the molecule is O=C(c1ccc(I)cc1)c1ccc(O[C@H]2CCCCO2)cc1. The van der Waals surface area contributed by atoms with E-state index < -0.39 is 0 Å². The van der Waals surface area contributed by atoms with Crippen LogP contribution in [0.1, 0.15) is 35.2 Å². The Hall–Kier alpha value is -1.40. The quantitative estimate of drug-likeness (QED) is 0.555. The van der Waals surface area contributed by atoms with Crippen LogP contribution < -0.4 is 4.74 Å². The van der Waals surface area contributed by atoms with E-state index in [1.54, 1.807) is 12.1 Å². The lowest BCUT2D eigenvalue weighted by atomic mass is 10.0. The van der Waals surface area contributed by atoms with Crippen molar-refractivity contribution in [1.82, 2.24) is 0 Å². The van der Waals surface area contributed by atoms with Crippen molar-refractivity contribution in [3.05, 3.63) is 63.2 Å². The van der Waals surface area contributed by atoms with E-state index in [1.807, 2.05) is 36.4 Å². The first kappa shape index (κ1) is 15.5. The van der Waals surface area contributed by atoms with Gasteiger partial charge in [0.05, 0.1) is 6.61 Å².